The molecule has 0 bridgehead atoms. The minimum atomic E-state index is -1.28. The first kappa shape index (κ1) is 16.9. The molecule has 0 rings (SSSR count). The standard InChI is InChI=1S/C14H26O4/c1-8-13(6,9-2)18-11(16)14(7,17-10-15)12(3,4)5/h10H,8-9H2,1-7H3. The number of hydrogen-bond donors (Lipinski definition) is 0. The summed E-state index contributed by atoms with van der Waals surface area (Å²) in [6.45, 7) is 13.2. The van der Waals surface area contributed by atoms with Gasteiger partial charge in [-0.3, -0.25) is 4.79 Å². The Morgan fingerprint density at radius 3 is 1.78 bits per heavy atom. The van der Waals surface area contributed by atoms with Gasteiger partial charge in [0.15, 0.2) is 0 Å². The Morgan fingerprint density at radius 1 is 1.06 bits per heavy atom. The molecular formula is C14H26O4. The van der Waals surface area contributed by atoms with Crippen LogP contribution in [-0.2, 0) is 19.1 Å². The van der Waals surface area contributed by atoms with Gasteiger partial charge in [0.25, 0.3) is 6.47 Å². The Morgan fingerprint density at radius 2 is 1.50 bits per heavy atom. The van der Waals surface area contributed by atoms with Gasteiger partial charge in [-0.15, -0.1) is 0 Å². The molecule has 0 heterocycles. The van der Waals surface area contributed by atoms with Gasteiger partial charge in [-0.25, -0.2) is 4.79 Å². The maximum Gasteiger partial charge on any atom is 0.351 e. The molecule has 0 N–H and O–H groups in total. The van der Waals surface area contributed by atoms with Crippen molar-refractivity contribution in [1.29, 1.82) is 0 Å². The molecule has 0 spiro atoms. The second kappa shape index (κ2) is 5.72. The van der Waals surface area contributed by atoms with Crippen molar-refractivity contribution in [1.82, 2.24) is 0 Å². The van der Waals surface area contributed by atoms with Gasteiger partial charge in [-0.05, 0) is 26.7 Å². The summed E-state index contributed by atoms with van der Waals surface area (Å²) in [5.41, 5.74) is -2.33. The molecule has 4 nitrogen and oxygen atoms in total. The van der Waals surface area contributed by atoms with Gasteiger partial charge in [0.2, 0.25) is 5.60 Å². The molecule has 0 saturated heterocycles. The number of carbonyl (C=O) groups excluding carboxylic acids is 2. The van der Waals surface area contributed by atoms with E-state index in [9.17, 15) is 9.59 Å². The lowest BCUT2D eigenvalue weighted by Gasteiger charge is -2.40. The van der Waals surface area contributed by atoms with Gasteiger partial charge in [-0.1, -0.05) is 34.6 Å². The second-order valence-corrected chi connectivity index (χ2v) is 6.04. The molecule has 18 heavy (non-hydrogen) atoms. The van der Waals surface area contributed by atoms with Crippen molar-refractivity contribution >= 4 is 12.4 Å². The minimum absolute atomic E-state index is 0.307. The summed E-state index contributed by atoms with van der Waals surface area (Å²) in [7, 11) is 0. The van der Waals surface area contributed by atoms with Crippen LogP contribution in [0.3, 0.4) is 0 Å². The third kappa shape index (κ3) is 3.47. The average molecular weight is 258 g/mol. The fourth-order valence-electron chi connectivity index (χ4n) is 1.34. The van der Waals surface area contributed by atoms with Crippen LogP contribution in [0, 0.1) is 5.41 Å². The Labute approximate surface area is 110 Å². The first-order valence-corrected chi connectivity index (χ1v) is 6.41. The van der Waals surface area contributed by atoms with Gasteiger partial charge in [-0.2, -0.15) is 0 Å². The fraction of sp³-hybridized carbons (Fsp3) is 0.857. The van der Waals surface area contributed by atoms with Crippen LogP contribution in [0.25, 0.3) is 0 Å². The molecule has 0 aromatic rings. The van der Waals surface area contributed by atoms with E-state index in [-0.39, 0.29) is 0 Å². The Balaban J connectivity index is 5.18. The first-order chi connectivity index (χ1) is 8.06. The zero-order valence-electron chi connectivity index (χ0n) is 12.6. The lowest BCUT2D eigenvalue weighted by molar-refractivity contribution is -0.198. The molecule has 0 amide bonds. The highest BCUT2D eigenvalue weighted by Gasteiger charge is 2.49. The molecular weight excluding hydrogens is 232 g/mol. The van der Waals surface area contributed by atoms with Crippen molar-refractivity contribution in [2.45, 2.75) is 72.5 Å². The van der Waals surface area contributed by atoms with Crippen LogP contribution in [-0.4, -0.2) is 23.6 Å². The Hall–Kier alpha value is -1.06. The second-order valence-electron chi connectivity index (χ2n) is 6.04. The molecule has 0 aromatic carbocycles. The lowest BCUT2D eigenvalue weighted by atomic mass is 9.77. The average Bonchev–Trinajstić information content (AvgIpc) is 2.27. The highest BCUT2D eigenvalue weighted by Crippen LogP contribution is 2.36. The van der Waals surface area contributed by atoms with Gasteiger partial charge in [0, 0.05) is 5.41 Å². The van der Waals surface area contributed by atoms with E-state index >= 15 is 0 Å². The van der Waals surface area contributed by atoms with Crippen molar-refractivity contribution in [3.05, 3.63) is 0 Å². The minimum Gasteiger partial charge on any atom is -0.456 e. The predicted molar refractivity (Wildman–Crippen MR) is 70.1 cm³/mol. The number of esters is 1. The van der Waals surface area contributed by atoms with Crippen LogP contribution < -0.4 is 0 Å². The van der Waals surface area contributed by atoms with Crippen molar-refractivity contribution in [2.75, 3.05) is 0 Å². The summed E-state index contributed by atoms with van der Waals surface area (Å²) in [5, 5.41) is 0. The van der Waals surface area contributed by atoms with E-state index in [2.05, 4.69) is 0 Å². The van der Waals surface area contributed by atoms with Gasteiger partial charge >= 0.3 is 5.97 Å². The van der Waals surface area contributed by atoms with E-state index in [0.29, 0.717) is 6.47 Å². The van der Waals surface area contributed by atoms with E-state index in [0.717, 1.165) is 12.8 Å². The van der Waals surface area contributed by atoms with Crippen molar-refractivity contribution < 1.29 is 19.1 Å². The monoisotopic (exact) mass is 258 g/mol. The molecule has 0 aliphatic heterocycles. The fourth-order valence-corrected chi connectivity index (χ4v) is 1.34. The quantitative estimate of drug-likeness (QED) is 0.542. The molecule has 0 aromatic heterocycles. The van der Waals surface area contributed by atoms with Crippen molar-refractivity contribution in [3.63, 3.8) is 0 Å². The number of carbonyl (C=O) groups is 2. The molecule has 0 saturated carbocycles. The summed E-state index contributed by atoms with van der Waals surface area (Å²) in [6, 6.07) is 0. The topological polar surface area (TPSA) is 52.6 Å². The van der Waals surface area contributed by atoms with E-state index < -0.39 is 22.6 Å². The molecule has 0 aliphatic carbocycles. The van der Waals surface area contributed by atoms with Crippen LogP contribution in [0.5, 0.6) is 0 Å². The van der Waals surface area contributed by atoms with E-state index in [4.69, 9.17) is 9.47 Å². The highest BCUT2D eigenvalue weighted by molar-refractivity contribution is 5.81. The van der Waals surface area contributed by atoms with E-state index in [1.807, 2.05) is 41.5 Å². The number of ether oxygens (including phenoxy) is 2. The lowest BCUT2D eigenvalue weighted by Crippen LogP contribution is -2.52. The predicted octanol–water partition coefficient (Wildman–Crippen LogP) is 3.09. The van der Waals surface area contributed by atoms with E-state index in [1.54, 1.807) is 6.92 Å². The zero-order valence-corrected chi connectivity index (χ0v) is 12.6. The third-order valence-electron chi connectivity index (χ3n) is 3.94. The largest absolute Gasteiger partial charge is 0.456 e. The molecule has 4 heteroatoms. The molecule has 1 unspecified atom stereocenters. The summed E-state index contributed by atoms with van der Waals surface area (Å²) >= 11 is 0. The van der Waals surface area contributed by atoms with Crippen molar-refractivity contribution in [2.24, 2.45) is 5.41 Å². The van der Waals surface area contributed by atoms with Crippen molar-refractivity contribution in [3.8, 4) is 0 Å². The highest BCUT2D eigenvalue weighted by atomic mass is 16.6. The first-order valence-electron chi connectivity index (χ1n) is 6.41. The molecule has 106 valence electrons. The van der Waals surface area contributed by atoms with Gasteiger partial charge < -0.3 is 9.47 Å². The molecule has 1 atom stereocenters. The van der Waals surface area contributed by atoms with Crippen LogP contribution in [0.1, 0.15) is 61.3 Å². The molecule has 0 aliphatic rings. The maximum atomic E-state index is 12.3. The smallest absolute Gasteiger partial charge is 0.351 e. The number of rotatable bonds is 6. The van der Waals surface area contributed by atoms with Gasteiger partial charge in [0.05, 0.1) is 0 Å². The summed E-state index contributed by atoms with van der Waals surface area (Å²) < 4.78 is 10.6. The normalized spacial score (nSPS) is 15.7. The Kier molecular flexibility index (Phi) is 5.38. The van der Waals surface area contributed by atoms with Crippen LogP contribution in [0.15, 0.2) is 0 Å². The van der Waals surface area contributed by atoms with Crippen LogP contribution in [0.4, 0.5) is 0 Å². The molecule has 0 radical (unpaired) electrons. The maximum absolute atomic E-state index is 12.3. The van der Waals surface area contributed by atoms with Gasteiger partial charge in [0.1, 0.15) is 5.60 Å². The van der Waals surface area contributed by atoms with E-state index in [1.165, 1.54) is 0 Å². The van der Waals surface area contributed by atoms with Crippen LogP contribution in [0.2, 0.25) is 0 Å². The molecule has 0 fully saturated rings. The van der Waals surface area contributed by atoms with Crippen LogP contribution >= 0.6 is 0 Å². The zero-order chi connectivity index (χ0) is 14.6. The SMILES string of the molecule is CCC(C)(CC)OC(=O)C(C)(OC=O)C(C)(C)C. The summed E-state index contributed by atoms with van der Waals surface area (Å²) in [6.07, 6.45) is 1.44. The summed E-state index contributed by atoms with van der Waals surface area (Å²) in [5.74, 6) is -0.492. The summed E-state index contributed by atoms with van der Waals surface area (Å²) in [4.78, 5) is 23.0. The Bertz CT molecular complexity index is 299. The number of hydrogen-bond acceptors (Lipinski definition) is 4. The third-order valence-corrected chi connectivity index (χ3v) is 3.94.